The van der Waals surface area contributed by atoms with Crippen LogP contribution >= 0.6 is 12.2 Å². The van der Waals surface area contributed by atoms with Crippen LogP contribution in [0, 0.1) is 0 Å². The molecule has 0 aromatic carbocycles. The van der Waals surface area contributed by atoms with Gasteiger partial charge in [-0.05, 0) is 13.8 Å². The minimum atomic E-state index is -0.889. The van der Waals surface area contributed by atoms with Gasteiger partial charge in [-0.1, -0.05) is 12.2 Å². The van der Waals surface area contributed by atoms with E-state index in [-0.39, 0.29) is 4.99 Å². The Kier molecular flexibility index (Phi) is 3.38. The molecule has 0 bridgehead atoms. The SMILES string of the molecule is CC(C)(Nc1cnc(C(N)=S)cn1)C(N)=O. The molecule has 5 N–H and O–H groups in total. The second-order valence-corrected chi connectivity index (χ2v) is 4.21. The number of amides is 1. The van der Waals surface area contributed by atoms with E-state index in [0.717, 1.165) is 0 Å². The number of primary amides is 1. The number of thiocarbonyl (C=S) groups is 1. The maximum absolute atomic E-state index is 11.1. The van der Waals surface area contributed by atoms with Crippen molar-refractivity contribution in [2.45, 2.75) is 19.4 Å². The third-order valence-corrected chi connectivity index (χ3v) is 2.17. The lowest BCUT2D eigenvalue weighted by Gasteiger charge is -2.22. The zero-order valence-corrected chi connectivity index (χ0v) is 9.84. The summed E-state index contributed by atoms with van der Waals surface area (Å²) in [5, 5.41) is 2.85. The highest BCUT2D eigenvalue weighted by molar-refractivity contribution is 7.80. The minimum absolute atomic E-state index is 0.174. The average Bonchev–Trinajstić information content (AvgIpc) is 2.17. The Morgan fingerprint density at radius 2 is 2.00 bits per heavy atom. The van der Waals surface area contributed by atoms with Crippen LogP contribution in [0.25, 0.3) is 0 Å². The summed E-state index contributed by atoms with van der Waals surface area (Å²) in [6.45, 7) is 3.30. The number of nitrogens with two attached hydrogens (primary N) is 2. The van der Waals surface area contributed by atoms with E-state index in [1.54, 1.807) is 13.8 Å². The van der Waals surface area contributed by atoms with Crippen molar-refractivity contribution in [2.24, 2.45) is 11.5 Å². The van der Waals surface area contributed by atoms with Gasteiger partial charge in [-0.15, -0.1) is 0 Å². The Labute approximate surface area is 98.4 Å². The fraction of sp³-hybridized carbons (Fsp3) is 0.333. The molecule has 0 saturated carbocycles. The quantitative estimate of drug-likeness (QED) is 0.627. The van der Waals surface area contributed by atoms with Crippen LogP contribution < -0.4 is 16.8 Å². The highest BCUT2D eigenvalue weighted by Crippen LogP contribution is 2.11. The van der Waals surface area contributed by atoms with E-state index in [1.165, 1.54) is 12.4 Å². The van der Waals surface area contributed by atoms with E-state index in [0.29, 0.717) is 11.5 Å². The topological polar surface area (TPSA) is 107 Å². The van der Waals surface area contributed by atoms with Crippen molar-refractivity contribution in [3.8, 4) is 0 Å². The lowest BCUT2D eigenvalue weighted by molar-refractivity contribution is -0.121. The zero-order chi connectivity index (χ0) is 12.3. The van der Waals surface area contributed by atoms with E-state index < -0.39 is 11.4 Å². The zero-order valence-electron chi connectivity index (χ0n) is 9.02. The molecular formula is C9H13N5OS. The number of nitrogens with zero attached hydrogens (tertiary/aromatic N) is 2. The fourth-order valence-corrected chi connectivity index (χ4v) is 1.01. The predicted molar refractivity (Wildman–Crippen MR) is 64.8 cm³/mol. The van der Waals surface area contributed by atoms with Gasteiger partial charge in [0, 0.05) is 0 Å². The highest BCUT2D eigenvalue weighted by atomic mass is 32.1. The molecule has 1 rings (SSSR count). The van der Waals surface area contributed by atoms with Gasteiger partial charge in [0.05, 0.1) is 12.4 Å². The van der Waals surface area contributed by atoms with E-state index in [9.17, 15) is 4.79 Å². The van der Waals surface area contributed by atoms with Crippen molar-refractivity contribution in [3.63, 3.8) is 0 Å². The Morgan fingerprint density at radius 1 is 1.38 bits per heavy atom. The van der Waals surface area contributed by atoms with Gasteiger partial charge in [-0.25, -0.2) is 9.97 Å². The van der Waals surface area contributed by atoms with Crippen LogP contribution in [0.4, 0.5) is 5.82 Å². The number of rotatable bonds is 4. The summed E-state index contributed by atoms with van der Waals surface area (Å²) in [7, 11) is 0. The Morgan fingerprint density at radius 3 is 2.38 bits per heavy atom. The van der Waals surface area contributed by atoms with Crippen molar-refractivity contribution >= 4 is 28.9 Å². The van der Waals surface area contributed by atoms with Crippen molar-refractivity contribution in [2.75, 3.05) is 5.32 Å². The maximum Gasteiger partial charge on any atom is 0.242 e. The number of nitrogens with one attached hydrogen (secondary N) is 1. The second kappa shape index (κ2) is 4.40. The van der Waals surface area contributed by atoms with E-state index in [4.69, 9.17) is 23.7 Å². The number of carbonyl (C=O) groups is 1. The molecule has 1 aromatic rings. The van der Waals surface area contributed by atoms with Gasteiger partial charge in [-0.3, -0.25) is 4.79 Å². The third-order valence-electron chi connectivity index (χ3n) is 1.96. The number of aromatic nitrogens is 2. The molecule has 0 unspecified atom stereocenters. The van der Waals surface area contributed by atoms with Crippen molar-refractivity contribution in [1.82, 2.24) is 9.97 Å². The molecule has 1 heterocycles. The van der Waals surface area contributed by atoms with Crippen LogP contribution in [0.1, 0.15) is 19.5 Å². The van der Waals surface area contributed by atoms with Gasteiger partial charge in [0.25, 0.3) is 0 Å². The molecular weight excluding hydrogens is 226 g/mol. The fourth-order valence-electron chi connectivity index (χ4n) is 0.902. The molecule has 7 heteroatoms. The lowest BCUT2D eigenvalue weighted by atomic mass is 10.1. The molecule has 16 heavy (non-hydrogen) atoms. The summed E-state index contributed by atoms with van der Waals surface area (Å²) in [5.41, 5.74) is 10.1. The summed E-state index contributed by atoms with van der Waals surface area (Å²) >= 11 is 4.74. The van der Waals surface area contributed by atoms with Crippen molar-refractivity contribution in [1.29, 1.82) is 0 Å². The van der Waals surface area contributed by atoms with E-state index in [1.807, 2.05) is 0 Å². The number of anilines is 1. The molecule has 0 radical (unpaired) electrons. The molecule has 86 valence electrons. The first-order valence-corrected chi connectivity index (χ1v) is 4.93. The molecule has 0 fully saturated rings. The summed E-state index contributed by atoms with van der Waals surface area (Å²) in [5.74, 6) is -0.0449. The number of hydrogen-bond acceptors (Lipinski definition) is 5. The first-order chi connectivity index (χ1) is 7.33. The summed E-state index contributed by atoms with van der Waals surface area (Å²) in [4.78, 5) is 19.2. The van der Waals surface area contributed by atoms with Crippen LogP contribution in [0.15, 0.2) is 12.4 Å². The minimum Gasteiger partial charge on any atom is -0.388 e. The predicted octanol–water partition coefficient (Wildman–Crippen LogP) is -0.213. The van der Waals surface area contributed by atoms with Crippen LogP contribution in [0.2, 0.25) is 0 Å². The first kappa shape index (κ1) is 12.3. The van der Waals surface area contributed by atoms with Crippen LogP contribution in [-0.4, -0.2) is 26.4 Å². The Bertz CT molecular complexity index is 414. The summed E-state index contributed by atoms with van der Waals surface area (Å²) in [6, 6.07) is 0. The number of carbonyl (C=O) groups excluding carboxylic acids is 1. The van der Waals surface area contributed by atoms with Gasteiger partial charge < -0.3 is 16.8 Å². The average molecular weight is 239 g/mol. The van der Waals surface area contributed by atoms with Gasteiger partial charge in [-0.2, -0.15) is 0 Å². The van der Waals surface area contributed by atoms with Gasteiger partial charge in [0.1, 0.15) is 22.0 Å². The second-order valence-electron chi connectivity index (χ2n) is 3.77. The third kappa shape index (κ3) is 2.86. The summed E-state index contributed by atoms with van der Waals surface area (Å²) < 4.78 is 0. The van der Waals surface area contributed by atoms with Crippen molar-refractivity contribution < 1.29 is 4.79 Å². The van der Waals surface area contributed by atoms with Crippen molar-refractivity contribution in [3.05, 3.63) is 18.1 Å². The first-order valence-electron chi connectivity index (χ1n) is 4.53. The van der Waals surface area contributed by atoms with Gasteiger partial charge >= 0.3 is 0 Å². The molecule has 6 nitrogen and oxygen atoms in total. The summed E-state index contributed by atoms with van der Waals surface area (Å²) in [6.07, 6.45) is 2.88. The Balaban J connectivity index is 2.84. The lowest BCUT2D eigenvalue weighted by Crippen LogP contribution is -2.45. The van der Waals surface area contributed by atoms with Gasteiger partial charge in [0.15, 0.2) is 0 Å². The maximum atomic E-state index is 11.1. The monoisotopic (exact) mass is 239 g/mol. The molecule has 0 aliphatic rings. The molecule has 0 spiro atoms. The molecule has 1 aromatic heterocycles. The Hall–Kier alpha value is -1.76. The van der Waals surface area contributed by atoms with E-state index >= 15 is 0 Å². The van der Waals surface area contributed by atoms with Gasteiger partial charge in [0.2, 0.25) is 5.91 Å². The standard InChI is InChI=1S/C9H13N5OS/c1-9(2,8(11)15)14-6-4-12-5(3-13-6)7(10)16/h3-4H,1-2H3,(H2,10,16)(H2,11,15)(H,13,14). The molecule has 1 amide bonds. The molecule has 0 atom stereocenters. The highest BCUT2D eigenvalue weighted by Gasteiger charge is 2.24. The largest absolute Gasteiger partial charge is 0.388 e. The van der Waals surface area contributed by atoms with Crippen LogP contribution in [0.5, 0.6) is 0 Å². The normalized spacial score (nSPS) is 10.9. The van der Waals surface area contributed by atoms with Crippen LogP contribution in [0.3, 0.4) is 0 Å². The molecule has 0 aliphatic carbocycles. The molecule has 0 saturated heterocycles. The van der Waals surface area contributed by atoms with E-state index in [2.05, 4.69) is 15.3 Å². The molecule has 0 aliphatic heterocycles. The number of hydrogen-bond donors (Lipinski definition) is 3. The van der Waals surface area contributed by atoms with Crippen LogP contribution in [-0.2, 0) is 4.79 Å². The smallest absolute Gasteiger partial charge is 0.242 e.